The number of furan rings is 1. The molecule has 1 saturated heterocycles. The highest BCUT2D eigenvalue weighted by Crippen LogP contribution is 2.08. The highest BCUT2D eigenvalue weighted by molar-refractivity contribution is 5.91. The summed E-state index contributed by atoms with van der Waals surface area (Å²) in [5.41, 5.74) is 0. The van der Waals surface area contributed by atoms with Gasteiger partial charge in [0.05, 0.1) is 6.26 Å². The summed E-state index contributed by atoms with van der Waals surface area (Å²) < 4.78 is 4.99. The van der Waals surface area contributed by atoms with Crippen LogP contribution >= 0.6 is 0 Å². The molecule has 1 aromatic rings. The lowest BCUT2D eigenvalue weighted by Gasteiger charge is -2.26. The summed E-state index contributed by atoms with van der Waals surface area (Å²) in [4.78, 5) is 25.8. The Bertz CT molecular complexity index is 467. The van der Waals surface area contributed by atoms with Gasteiger partial charge in [0.2, 0.25) is 5.91 Å². The molecule has 0 aliphatic carbocycles. The first-order valence-corrected chi connectivity index (χ1v) is 8.56. The highest BCUT2D eigenvalue weighted by Gasteiger charge is 2.10. The van der Waals surface area contributed by atoms with Gasteiger partial charge in [-0.15, -0.1) is 0 Å². The molecule has 128 valence electrons. The Morgan fingerprint density at radius 2 is 1.87 bits per heavy atom. The van der Waals surface area contributed by atoms with Gasteiger partial charge in [0, 0.05) is 19.5 Å². The summed E-state index contributed by atoms with van der Waals surface area (Å²) in [6.45, 7) is 4.67. The normalized spacial score (nSPS) is 15.3. The fraction of sp³-hybridized carbons (Fsp3) is 0.647. The first-order chi connectivity index (χ1) is 11.3. The second kappa shape index (κ2) is 10.0. The van der Waals surface area contributed by atoms with Crippen molar-refractivity contribution in [3.8, 4) is 0 Å². The summed E-state index contributed by atoms with van der Waals surface area (Å²) in [7, 11) is 0. The molecule has 0 bridgehead atoms. The van der Waals surface area contributed by atoms with Crippen molar-refractivity contribution in [1.29, 1.82) is 0 Å². The maximum Gasteiger partial charge on any atom is 0.286 e. The zero-order chi connectivity index (χ0) is 16.3. The van der Waals surface area contributed by atoms with Gasteiger partial charge in [0.25, 0.3) is 5.91 Å². The van der Waals surface area contributed by atoms with Crippen molar-refractivity contribution in [2.75, 3.05) is 32.7 Å². The average molecular weight is 321 g/mol. The smallest absolute Gasteiger partial charge is 0.286 e. The number of piperidine rings is 1. The topological polar surface area (TPSA) is 74.6 Å². The van der Waals surface area contributed by atoms with Crippen LogP contribution in [-0.4, -0.2) is 49.4 Å². The van der Waals surface area contributed by atoms with E-state index in [1.54, 1.807) is 12.1 Å². The first kappa shape index (κ1) is 17.5. The largest absolute Gasteiger partial charge is 0.459 e. The van der Waals surface area contributed by atoms with Gasteiger partial charge in [-0.1, -0.05) is 6.42 Å². The van der Waals surface area contributed by atoms with Crippen molar-refractivity contribution in [2.45, 2.75) is 38.5 Å². The molecule has 2 N–H and O–H groups in total. The van der Waals surface area contributed by atoms with Gasteiger partial charge in [-0.05, 0) is 57.5 Å². The number of carbonyl (C=O) groups is 2. The molecule has 23 heavy (non-hydrogen) atoms. The highest BCUT2D eigenvalue weighted by atomic mass is 16.3. The lowest BCUT2D eigenvalue weighted by atomic mass is 10.1. The van der Waals surface area contributed by atoms with Crippen LogP contribution in [0.5, 0.6) is 0 Å². The number of nitrogens with one attached hydrogen (secondary N) is 2. The van der Waals surface area contributed by atoms with Gasteiger partial charge in [-0.3, -0.25) is 9.59 Å². The molecule has 1 aromatic heterocycles. The minimum atomic E-state index is -0.239. The van der Waals surface area contributed by atoms with Gasteiger partial charge < -0.3 is 20.0 Å². The maximum absolute atomic E-state index is 11.7. The Morgan fingerprint density at radius 1 is 1.09 bits per heavy atom. The zero-order valence-electron chi connectivity index (χ0n) is 13.7. The van der Waals surface area contributed by atoms with Crippen molar-refractivity contribution in [2.24, 2.45) is 0 Å². The average Bonchev–Trinajstić information content (AvgIpc) is 3.11. The van der Waals surface area contributed by atoms with Gasteiger partial charge in [0.15, 0.2) is 5.76 Å². The number of carbonyl (C=O) groups excluding carboxylic acids is 2. The molecule has 0 saturated carbocycles. The van der Waals surface area contributed by atoms with Gasteiger partial charge in [0.1, 0.15) is 0 Å². The van der Waals surface area contributed by atoms with Crippen LogP contribution < -0.4 is 10.6 Å². The first-order valence-electron chi connectivity index (χ1n) is 8.56. The Balaban J connectivity index is 1.44. The zero-order valence-corrected chi connectivity index (χ0v) is 13.7. The molecule has 0 unspecified atom stereocenters. The van der Waals surface area contributed by atoms with Crippen molar-refractivity contribution >= 4 is 11.8 Å². The lowest BCUT2D eigenvalue weighted by Crippen LogP contribution is -2.33. The van der Waals surface area contributed by atoms with Crippen LogP contribution in [0, 0.1) is 0 Å². The SMILES string of the molecule is O=C(CCCNC(=O)c1ccco1)NCCCN1CCCCC1. The Hall–Kier alpha value is -1.82. The van der Waals surface area contributed by atoms with Crippen molar-refractivity contribution in [3.05, 3.63) is 24.2 Å². The van der Waals surface area contributed by atoms with Gasteiger partial charge in [-0.25, -0.2) is 0 Å². The molecule has 1 aliphatic heterocycles. The van der Waals surface area contributed by atoms with Crippen molar-refractivity contribution in [3.63, 3.8) is 0 Å². The predicted molar refractivity (Wildman–Crippen MR) is 88.2 cm³/mol. The van der Waals surface area contributed by atoms with E-state index in [1.807, 2.05) is 0 Å². The molecule has 1 fully saturated rings. The van der Waals surface area contributed by atoms with Gasteiger partial charge in [-0.2, -0.15) is 0 Å². The number of nitrogens with zero attached hydrogens (tertiary/aromatic N) is 1. The predicted octanol–water partition coefficient (Wildman–Crippen LogP) is 1.78. The van der Waals surface area contributed by atoms with Crippen LogP contribution in [0.15, 0.2) is 22.8 Å². The van der Waals surface area contributed by atoms with Crippen LogP contribution in [0.2, 0.25) is 0 Å². The molecule has 0 radical (unpaired) electrons. The van der Waals surface area contributed by atoms with Crippen molar-refractivity contribution < 1.29 is 14.0 Å². The van der Waals surface area contributed by atoms with E-state index in [2.05, 4.69) is 15.5 Å². The second-order valence-electron chi connectivity index (χ2n) is 5.94. The molecule has 2 amide bonds. The molecular weight excluding hydrogens is 294 g/mol. The third-order valence-electron chi connectivity index (χ3n) is 4.03. The molecule has 2 rings (SSSR count). The van der Waals surface area contributed by atoms with E-state index in [1.165, 1.54) is 38.6 Å². The summed E-state index contributed by atoms with van der Waals surface area (Å²) >= 11 is 0. The molecule has 0 aromatic carbocycles. The maximum atomic E-state index is 11.7. The Morgan fingerprint density at radius 3 is 2.61 bits per heavy atom. The van der Waals surface area contributed by atoms with E-state index in [0.29, 0.717) is 25.1 Å². The quantitative estimate of drug-likeness (QED) is 0.680. The van der Waals surface area contributed by atoms with Crippen LogP contribution in [0.25, 0.3) is 0 Å². The van der Waals surface area contributed by atoms with Crippen LogP contribution in [0.1, 0.15) is 49.1 Å². The molecular formula is C17H27N3O3. The van der Waals surface area contributed by atoms with E-state index < -0.39 is 0 Å². The second-order valence-corrected chi connectivity index (χ2v) is 5.94. The van der Waals surface area contributed by atoms with E-state index in [9.17, 15) is 9.59 Å². The number of rotatable bonds is 9. The molecule has 6 heteroatoms. The molecule has 2 heterocycles. The summed E-state index contributed by atoms with van der Waals surface area (Å²) in [6.07, 6.45) is 7.48. The van der Waals surface area contributed by atoms with E-state index in [-0.39, 0.29) is 11.8 Å². The van der Waals surface area contributed by atoms with Crippen LogP contribution in [0.3, 0.4) is 0 Å². The number of likely N-dealkylation sites (tertiary alicyclic amines) is 1. The minimum Gasteiger partial charge on any atom is -0.459 e. The fourth-order valence-corrected chi connectivity index (χ4v) is 2.75. The third-order valence-corrected chi connectivity index (χ3v) is 4.03. The Kier molecular flexibility index (Phi) is 7.66. The lowest BCUT2D eigenvalue weighted by molar-refractivity contribution is -0.121. The standard InChI is InChI=1S/C17H27N3O3/c21-16(18-10-6-13-20-11-2-1-3-12-20)8-4-9-19-17(22)15-7-5-14-23-15/h5,7,14H,1-4,6,8-13H2,(H,18,21)(H,19,22). The number of amides is 2. The third kappa shape index (κ3) is 6.86. The molecule has 6 nitrogen and oxygen atoms in total. The monoisotopic (exact) mass is 321 g/mol. The van der Waals surface area contributed by atoms with Crippen LogP contribution in [0.4, 0.5) is 0 Å². The van der Waals surface area contributed by atoms with E-state index in [0.717, 1.165) is 19.5 Å². The van der Waals surface area contributed by atoms with E-state index >= 15 is 0 Å². The molecule has 1 aliphatic rings. The molecule has 0 atom stereocenters. The van der Waals surface area contributed by atoms with E-state index in [4.69, 9.17) is 4.42 Å². The van der Waals surface area contributed by atoms with Gasteiger partial charge >= 0.3 is 0 Å². The summed E-state index contributed by atoms with van der Waals surface area (Å²) in [5.74, 6) is 0.111. The van der Waals surface area contributed by atoms with Crippen LogP contribution in [-0.2, 0) is 4.79 Å². The Labute approximate surface area is 137 Å². The van der Waals surface area contributed by atoms with Crippen molar-refractivity contribution in [1.82, 2.24) is 15.5 Å². The fourth-order valence-electron chi connectivity index (χ4n) is 2.75. The number of hydrogen-bond donors (Lipinski definition) is 2. The summed E-state index contributed by atoms with van der Waals surface area (Å²) in [6, 6.07) is 3.29. The molecule has 0 spiro atoms. The minimum absolute atomic E-state index is 0.0518. The number of hydrogen-bond acceptors (Lipinski definition) is 4. The summed E-state index contributed by atoms with van der Waals surface area (Å²) in [5, 5.41) is 5.67.